The third-order valence-corrected chi connectivity index (χ3v) is 6.84. The van der Waals surface area contributed by atoms with Gasteiger partial charge >= 0.3 is 6.18 Å². The smallest absolute Gasteiger partial charge is 0.379 e. The van der Waals surface area contributed by atoms with Gasteiger partial charge in [0.2, 0.25) is 0 Å². The number of morpholine rings is 1. The van der Waals surface area contributed by atoms with Gasteiger partial charge in [-0.1, -0.05) is 0 Å². The van der Waals surface area contributed by atoms with Gasteiger partial charge in [-0.25, -0.2) is 0 Å². The van der Waals surface area contributed by atoms with Gasteiger partial charge in [0.15, 0.2) is 5.65 Å². The molecule has 1 N–H and O–H groups in total. The highest BCUT2D eigenvalue weighted by molar-refractivity contribution is 7.20. The van der Waals surface area contributed by atoms with Crippen molar-refractivity contribution in [3.8, 4) is 5.69 Å². The van der Waals surface area contributed by atoms with Gasteiger partial charge in [0.05, 0.1) is 23.7 Å². The second kappa shape index (κ2) is 8.47. The Hall–Kier alpha value is -2.89. The molecule has 5 rings (SSSR count). The molecule has 1 saturated heterocycles. The maximum absolute atomic E-state index is 13.0. The molecule has 0 radical (unpaired) electrons. The molecule has 0 atom stereocenters. The molecular formula is C22H22F3N5O2S. The number of benzene rings is 1. The lowest BCUT2D eigenvalue weighted by Crippen LogP contribution is -2.41. The summed E-state index contributed by atoms with van der Waals surface area (Å²) in [4.78, 5) is 16.4. The number of aromatic nitrogens is 3. The number of amides is 1. The summed E-state index contributed by atoms with van der Waals surface area (Å²) in [6, 6.07) is 6.80. The lowest BCUT2D eigenvalue weighted by Gasteiger charge is -2.26. The average Bonchev–Trinajstić information content (AvgIpc) is 3.44. The van der Waals surface area contributed by atoms with Crippen LogP contribution >= 0.6 is 11.3 Å². The highest BCUT2D eigenvalue weighted by Crippen LogP contribution is 2.37. The van der Waals surface area contributed by atoms with Crippen LogP contribution in [-0.2, 0) is 18.0 Å². The van der Waals surface area contributed by atoms with E-state index in [0.717, 1.165) is 47.4 Å². The predicted molar refractivity (Wildman–Crippen MR) is 120 cm³/mol. The van der Waals surface area contributed by atoms with Crippen molar-refractivity contribution in [2.45, 2.75) is 6.18 Å². The Morgan fingerprint density at radius 1 is 1.18 bits per heavy atom. The normalized spacial score (nSPS) is 15.5. The van der Waals surface area contributed by atoms with Crippen LogP contribution in [0.4, 0.5) is 13.2 Å². The number of alkyl halides is 3. The molecular weight excluding hydrogens is 455 g/mol. The number of fused-ring (bicyclic) bond motifs is 3. The fourth-order valence-corrected chi connectivity index (χ4v) is 5.17. The summed E-state index contributed by atoms with van der Waals surface area (Å²) in [7, 11) is 1.79. The number of rotatable bonds is 5. The molecule has 0 saturated carbocycles. The van der Waals surface area contributed by atoms with E-state index >= 15 is 0 Å². The van der Waals surface area contributed by atoms with E-state index in [-0.39, 0.29) is 5.91 Å². The van der Waals surface area contributed by atoms with Gasteiger partial charge in [-0.05, 0) is 30.3 Å². The van der Waals surface area contributed by atoms with Crippen LogP contribution in [0, 0.1) is 0 Å². The highest BCUT2D eigenvalue weighted by atomic mass is 32.1. The number of carbonyl (C=O) groups excluding carboxylic acids is 1. The van der Waals surface area contributed by atoms with E-state index in [0.29, 0.717) is 36.0 Å². The molecule has 0 spiro atoms. The Kier molecular flexibility index (Phi) is 5.63. The second-order valence-corrected chi connectivity index (χ2v) is 8.99. The van der Waals surface area contributed by atoms with Crippen LogP contribution in [0.25, 0.3) is 26.9 Å². The van der Waals surface area contributed by atoms with E-state index in [1.54, 1.807) is 16.3 Å². The van der Waals surface area contributed by atoms with Gasteiger partial charge in [0, 0.05) is 55.9 Å². The predicted octanol–water partition coefficient (Wildman–Crippen LogP) is 3.66. The number of nitrogens with one attached hydrogen (secondary N) is 1. The van der Waals surface area contributed by atoms with E-state index in [2.05, 4.69) is 15.3 Å². The third-order valence-electron chi connectivity index (χ3n) is 5.72. The highest BCUT2D eigenvalue weighted by Gasteiger charge is 2.30. The van der Waals surface area contributed by atoms with Crippen molar-refractivity contribution >= 4 is 38.5 Å². The molecule has 33 heavy (non-hydrogen) atoms. The second-order valence-electron chi connectivity index (χ2n) is 7.96. The third kappa shape index (κ3) is 4.23. The monoisotopic (exact) mass is 477 g/mol. The molecule has 1 fully saturated rings. The van der Waals surface area contributed by atoms with Crippen molar-refractivity contribution in [3.63, 3.8) is 0 Å². The quantitative estimate of drug-likeness (QED) is 0.477. The Bertz CT molecular complexity index is 1300. The van der Waals surface area contributed by atoms with Crippen molar-refractivity contribution in [2.24, 2.45) is 7.05 Å². The summed E-state index contributed by atoms with van der Waals surface area (Å²) in [6.07, 6.45) is -2.55. The van der Waals surface area contributed by atoms with Crippen molar-refractivity contribution in [3.05, 3.63) is 47.0 Å². The Balaban J connectivity index is 1.44. The average molecular weight is 478 g/mol. The number of nitrogens with zero attached hydrogens (tertiary/aromatic N) is 4. The van der Waals surface area contributed by atoms with Crippen molar-refractivity contribution < 1.29 is 22.7 Å². The largest absolute Gasteiger partial charge is 0.416 e. The van der Waals surface area contributed by atoms with Gasteiger partial charge in [-0.15, -0.1) is 11.3 Å². The number of carbonyl (C=O) groups is 1. The zero-order valence-electron chi connectivity index (χ0n) is 17.9. The van der Waals surface area contributed by atoms with Crippen molar-refractivity contribution in [2.75, 3.05) is 39.4 Å². The SMILES string of the molecule is Cn1cc2c3cc(C(=O)NCCN4CCOCC4)sc3n(-c3ccc(C(F)(F)F)cc3)c2n1. The van der Waals surface area contributed by atoms with Gasteiger partial charge in [-0.3, -0.25) is 18.9 Å². The Morgan fingerprint density at radius 3 is 2.61 bits per heavy atom. The minimum absolute atomic E-state index is 0.166. The van der Waals surface area contributed by atoms with E-state index in [9.17, 15) is 18.0 Å². The fourth-order valence-electron chi connectivity index (χ4n) is 4.06. The van der Waals surface area contributed by atoms with E-state index < -0.39 is 11.7 Å². The zero-order valence-corrected chi connectivity index (χ0v) is 18.7. The molecule has 1 aromatic carbocycles. The minimum atomic E-state index is -4.40. The van der Waals surface area contributed by atoms with Gasteiger partial charge in [0.1, 0.15) is 4.83 Å². The van der Waals surface area contributed by atoms with E-state index in [1.165, 1.54) is 23.5 Å². The van der Waals surface area contributed by atoms with Crippen LogP contribution < -0.4 is 5.32 Å². The van der Waals surface area contributed by atoms with Crippen LogP contribution in [0.2, 0.25) is 0 Å². The minimum Gasteiger partial charge on any atom is -0.379 e. The summed E-state index contributed by atoms with van der Waals surface area (Å²) in [5.41, 5.74) is 0.485. The molecule has 4 aromatic rings. The molecule has 1 amide bonds. The number of hydrogen-bond acceptors (Lipinski definition) is 5. The van der Waals surface area contributed by atoms with Crippen molar-refractivity contribution in [1.82, 2.24) is 24.6 Å². The topological polar surface area (TPSA) is 64.3 Å². The summed E-state index contributed by atoms with van der Waals surface area (Å²) >= 11 is 1.30. The summed E-state index contributed by atoms with van der Waals surface area (Å²) < 4.78 is 47.8. The summed E-state index contributed by atoms with van der Waals surface area (Å²) in [6.45, 7) is 4.41. The molecule has 3 aromatic heterocycles. The maximum atomic E-state index is 13.0. The molecule has 0 unspecified atom stereocenters. The molecule has 1 aliphatic rings. The summed E-state index contributed by atoms with van der Waals surface area (Å²) in [5, 5.41) is 9.15. The first kappa shape index (κ1) is 21.9. The van der Waals surface area contributed by atoms with Crippen molar-refractivity contribution in [1.29, 1.82) is 0 Å². The molecule has 11 heteroatoms. The standard InChI is InChI=1S/C22H22F3N5O2S/c1-28-13-17-16-12-18(20(31)26-6-7-29-8-10-32-11-9-29)33-21(16)30(19(17)27-28)15-4-2-14(3-5-15)22(23,24)25/h2-5,12-13H,6-11H2,1H3,(H,26,31). The number of halogens is 3. The lowest BCUT2D eigenvalue weighted by molar-refractivity contribution is -0.137. The number of hydrogen-bond donors (Lipinski definition) is 1. The number of aryl methyl sites for hydroxylation is 1. The van der Waals surface area contributed by atoms with Crippen LogP contribution in [-0.4, -0.2) is 64.5 Å². The van der Waals surface area contributed by atoms with Crippen LogP contribution in [0.15, 0.2) is 36.5 Å². The fraction of sp³-hybridized carbons (Fsp3) is 0.364. The zero-order chi connectivity index (χ0) is 23.2. The van der Waals surface area contributed by atoms with E-state index in [4.69, 9.17) is 4.74 Å². The van der Waals surface area contributed by atoms with Crippen LogP contribution in [0.1, 0.15) is 15.2 Å². The van der Waals surface area contributed by atoms with Gasteiger partial charge in [-0.2, -0.15) is 18.3 Å². The molecule has 7 nitrogen and oxygen atoms in total. The molecule has 0 bridgehead atoms. The number of ether oxygens (including phenoxy) is 1. The van der Waals surface area contributed by atoms with E-state index in [1.807, 2.05) is 12.3 Å². The van der Waals surface area contributed by atoms with Gasteiger partial charge in [0.25, 0.3) is 5.91 Å². The molecule has 4 heterocycles. The van der Waals surface area contributed by atoms with Gasteiger partial charge < -0.3 is 10.1 Å². The van der Waals surface area contributed by atoms with Crippen LogP contribution in [0.3, 0.4) is 0 Å². The first-order valence-electron chi connectivity index (χ1n) is 10.5. The lowest BCUT2D eigenvalue weighted by atomic mass is 10.2. The summed E-state index contributed by atoms with van der Waals surface area (Å²) in [5.74, 6) is -0.166. The maximum Gasteiger partial charge on any atom is 0.416 e. The Labute approximate surface area is 191 Å². The number of thiophene rings is 1. The molecule has 1 aliphatic heterocycles. The molecule has 0 aliphatic carbocycles. The Morgan fingerprint density at radius 2 is 1.91 bits per heavy atom. The first-order chi connectivity index (χ1) is 15.8. The first-order valence-corrected chi connectivity index (χ1v) is 11.4. The molecule has 174 valence electrons. The van der Waals surface area contributed by atoms with Crippen LogP contribution in [0.5, 0.6) is 0 Å².